The number of piperidine rings is 8. The highest BCUT2D eigenvalue weighted by molar-refractivity contribution is 6.33. The first-order chi connectivity index (χ1) is 60.1. The third kappa shape index (κ3) is 18.1. The van der Waals surface area contributed by atoms with Gasteiger partial charge in [0.05, 0.1) is 70.3 Å². The maximum atomic E-state index is 6.64. The summed E-state index contributed by atoms with van der Waals surface area (Å²) in [7, 11) is 0. The number of hydrogen-bond acceptors (Lipinski definition) is 16. The first-order valence-electron chi connectivity index (χ1n) is 49.5. The fourth-order valence-corrected chi connectivity index (χ4v) is 26.8. The van der Waals surface area contributed by atoms with Gasteiger partial charge in [-0.15, -0.1) is 0 Å². The number of nitrogens with one attached hydrogen (secondary N) is 3. The average Bonchev–Trinajstić information content (AvgIpc) is 1.56. The number of hydrogen-bond donors (Lipinski definition) is 3. The molecule has 0 bridgehead atoms. The quantitative estimate of drug-likeness (QED) is 0.0908. The smallest absolute Gasteiger partial charge is 0.0726 e. The number of benzene rings is 6. The molecule has 0 aromatic heterocycles. The van der Waals surface area contributed by atoms with E-state index < -0.39 is 0 Å². The van der Waals surface area contributed by atoms with Gasteiger partial charge in [0.15, 0.2) is 0 Å². The van der Waals surface area contributed by atoms with Gasteiger partial charge in [-0.1, -0.05) is 105 Å². The van der Waals surface area contributed by atoms with Crippen molar-refractivity contribution >= 4 is 57.3 Å². The molecule has 12 heterocycles. The van der Waals surface area contributed by atoms with Gasteiger partial charge in [0.1, 0.15) is 0 Å². The normalized spacial score (nSPS) is 36.9. The summed E-state index contributed by atoms with van der Waals surface area (Å²) in [6.45, 7) is 55.1. The van der Waals surface area contributed by atoms with E-state index in [1.807, 2.05) is 0 Å². The van der Waals surface area contributed by atoms with Crippen LogP contribution in [0.5, 0.6) is 0 Å². The topological polar surface area (TPSA) is 102 Å². The lowest BCUT2D eigenvalue weighted by Crippen LogP contribution is -2.45. The summed E-state index contributed by atoms with van der Waals surface area (Å²) in [5.41, 5.74) is 19.8. The fraction of sp³-hybridized carbons (Fsp3) is 0.660. The van der Waals surface area contributed by atoms with Gasteiger partial charge in [-0.25, -0.2) is 0 Å². The first-order valence-corrected chi connectivity index (χ1v) is 50.3. The van der Waals surface area contributed by atoms with E-state index in [2.05, 4.69) is 270 Å². The zero-order chi connectivity index (χ0) is 85.4. The summed E-state index contributed by atoms with van der Waals surface area (Å²) in [5, 5.41) is 12.5. The molecule has 124 heavy (non-hydrogen) atoms. The lowest BCUT2D eigenvalue weighted by atomic mass is 9.94. The molecule has 672 valence electrons. The predicted molar refractivity (Wildman–Crippen MR) is 513 cm³/mol. The lowest BCUT2D eigenvalue weighted by molar-refractivity contribution is -0.00548. The zero-order valence-electron chi connectivity index (χ0n) is 77.3. The van der Waals surface area contributed by atoms with Crippen LogP contribution in [0.4, 0.5) is 34.1 Å². The molecule has 18 heteroatoms. The van der Waals surface area contributed by atoms with E-state index in [0.717, 1.165) is 131 Å². The Kier molecular flexibility index (Phi) is 25.6. The van der Waals surface area contributed by atoms with E-state index >= 15 is 0 Å². The van der Waals surface area contributed by atoms with Crippen molar-refractivity contribution < 1.29 is 18.9 Å². The van der Waals surface area contributed by atoms with E-state index in [1.54, 1.807) is 11.1 Å². The van der Waals surface area contributed by atoms with Crippen molar-refractivity contribution in [1.82, 2.24) is 30.7 Å². The van der Waals surface area contributed by atoms with Crippen molar-refractivity contribution in [3.05, 3.63) is 177 Å². The molecule has 6 aliphatic carbocycles. The van der Waals surface area contributed by atoms with Crippen LogP contribution in [0, 0.1) is 35.5 Å². The van der Waals surface area contributed by atoms with Crippen molar-refractivity contribution in [2.24, 2.45) is 35.5 Å². The lowest BCUT2D eigenvalue weighted by Gasteiger charge is -2.37. The molecule has 16 unspecified atom stereocenters. The molecular formula is C106H150Cl2N12O4. The number of ether oxygens (including phenoxy) is 4. The molecule has 18 aliphatic rings. The van der Waals surface area contributed by atoms with Crippen molar-refractivity contribution in [3.8, 4) is 0 Å². The van der Waals surface area contributed by atoms with Gasteiger partial charge in [-0.2, -0.15) is 0 Å². The monoisotopic (exact) mass is 1730 g/mol. The van der Waals surface area contributed by atoms with Crippen molar-refractivity contribution in [3.63, 3.8) is 0 Å². The Morgan fingerprint density at radius 1 is 0.282 bits per heavy atom. The van der Waals surface area contributed by atoms with Crippen LogP contribution in [0.2, 0.25) is 10.0 Å². The van der Waals surface area contributed by atoms with E-state index in [0.29, 0.717) is 81.3 Å². The molecule has 16 nitrogen and oxygen atoms in total. The van der Waals surface area contributed by atoms with Crippen LogP contribution in [0.3, 0.4) is 0 Å². The Morgan fingerprint density at radius 2 is 0.516 bits per heavy atom. The molecule has 20 atom stereocenters. The third-order valence-electron chi connectivity index (χ3n) is 33.5. The molecule has 6 aromatic rings. The summed E-state index contributed by atoms with van der Waals surface area (Å²) in [5.74, 6) is 5.30. The zero-order valence-corrected chi connectivity index (χ0v) is 78.8. The number of anilines is 6. The Balaban J connectivity index is 0.0000000976. The van der Waals surface area contributed by atoms with E-state index in [9.17, 15) is 0 Å². The van der Waals surface area contributed by atoms with Crippen LogP contribution < -0.4 is 45.3 Å². The molecule has 18 fully saturated rings. The van der Waals surface area contributed by atoms with Crippen LogP contribution in [0.25, 0.3) is 0 Å². The molecule has 0 spiro atoms. The number of halogens is 2. The Morgan fingerprint density at radius 3 is 0.750 bits per heavy atom. The van der Waals surface area contributed by atoms with Gasteiger partial charge in [0.2, 0.25) is 0 Å². The number of morpholine rings is 4. The number of likely N-dealkylation sites (tertiary alicyclic amines) is 3. The molecular weight excluding hydrogens is 1580 g/mol. The Labute approximate surface area is 755 Å². The molecule has 6 saturated carbocycles. The van der Waals surface area contributed by atoms with Gasteiger partial charge in [0.25, 0.3) is 0 Å². The largest absolute Gasteiger partial charge is 0.372 e. The molecule has 6 aromatic carbocycles. The number of nitrogens with zero attached hydrogens (tertiary/aromatic N) is 9. The second kappa shape index (κ2) is 36.2. The third-order valence-corrected chi connectivity index (χ3v) is 34.1. The van der Waals surface area contributed by atoms with Gasteiger partial charge in [-0.3, -0.25) is 0 Å². The van der Waals surface area contributed by atoms with Crippen molar-refractivity contribution in [2.75, 3.05) is 206 Å². The van der Waals surface area contributed by atoms with E-state index in [4.69, 9.17) is 42.1 Å². The molecule has 12 saturated heterocycles. The standard InChI is InChI=1S/2C19H28N2O.C18H25ClN2.2C17H24N2O.C16H21ClN2/c2*1-4-20-12-17-9-19(17,13-20)16-5-7-18(8-6-16)21-10-14(2)22-15(3)11-21;1-2-20-12-15-11-18(15,13-20)14-6-7-17(16(19)10-14)21-8-4-3-5-9-21;2*1-12-9-19(10-13(2)20-12)16-5-3-14(4-6-16)17-7-15(17)8-18-11-17;17-14-8-12(16-9-13(16)10-18-11-16)4-5-15(14)19-6-2-1-3-7-19/h2*5-8,14-15,17H,4,9-13H2,1-3H3;6-7,10,15H,2-5,8-9,11-13H2,1H3;2*3-6,12-13,15,18H,7-11H2,1-2H3;4-5,8,13,18H,1-3,6-7,9-11H2/t14?,15?,17-,19+;;;12?,13?,15-,17+;;/m1..1../s1. The second-order valence-electron chi connectivity index (χ2n) is 42.5. The van der Waals surface area contributed by atoms with Crippen LogP contribution in [-0.2, 0) is 51.4 Å². The maximum Gasteiger partial charge on any atom is 0.0726 e. The number of likely N-dealkylation sites (N-methyl/N-ethyl adjacent to an activating group) is 3. The molecule has 0 amide bonds. The summed E-state index contributed by atoms with van der Waals surface area (Å²) in [4.78, 5) is 22.6. The van der Waals surface area contributed by atoms with Gasteiger partial charge < -0.3 is 79.0 Å². The maximum absolute atomic E-state index is 6.64. The van der Waals surface area contributed by atoms with Crippen molar-refractivity contribution in [2.45, 2.75) is 235 Å². The van der Waals surface area contributed by atoms with Crippen LogP contribution >= 0.6 is 23.2 Å². The van der Waals surface area contributed by atoms with Gasteiger partial charge in [0, 0.05) is 193 Å². The minimum atomic E-state index is 0.322. The summed E-state index contributed by atoms with van der Waals surface area (Å²) < 4.78 is 23.3. The van der Waals surface area contributed by atoms with Gasteiger partial charge in [-0.05, 0) is 313 Å². The van der Waals surface area contributed by atoms with Crippen LogP contribution in [-0.4, -0.2) is 240 Å². The van der Waals surface area contributed by atoms with Crippen LogP contribution in [0.1, 0.15) is 187 Å². The minimum Gasteiger partial charge on any atom is -0.372 e. The minimum absolute atomic E-state index is 0.322. The average molecular weight is 1730 g/mol. The second-order valence-corrected chi connectivity index (χ2v) is 43.3. The van der Waals surface area contributed by atoms with Crippen molar-refractivity contribution in [1.29, 1.82) is 0 Å². The van der Waals surface area contributed by atoms with Crippen LogP contribution in [0.15, 0.2) is 133 Å². The highest BCUT2D eigenvalue weighted by Gasteiger charge is 2.64. The number of fused-ring (bicyclic) bond motifs is 6. The predicted octanol–water partition coefficient (Wildman–Crippen LogP) is 17.2. The summed E-state index contributed by atoms with van der Waals surface area (Å²) in [6.07, 6.45) is 18.8. The van der Waals surface area contributed by atoms with E-state index in [-0.39, 0.29) is 0 Å². The SMILES string of the molecule is CC1CN(c2ccc(C34CNCC3C4)cc2)CC(C)O1.CC1CN(c2ccc([C@]34CNC[C@H]3C4)cc2)CC(C)O1.CCN1CC2CC2(c2ccc(N3CC(C)OC(C)C3)cc2)C1.CCN1CC2CC2(c2ccc(N3CCCCC3)c(Cl)c2)C1.CCN1C[C@H]2C[C@@]2(c2ccc(N3CC(C)OC(C)C3)cc2)C1.Clc1cc(C23CNCC2C3)ccc1N1CCCCC1. The fourth-order valence-electron chi connectivity index (χ4n) is 26.2. The highest BCUT2D eigenvalue weighted by atomic mass is 35.5. The molecule has 3 N–H and O–H groups in total. The van der Waals surface area contributed by atoms with Gasteiger partial charge >= 0.3 is 0 Å². The highest BCUT2D eigenvalue weighted by Crippen LogP contribution is 2.63. The number of rotatable bonds is 15. The molecule has 12 aliphatic heterocycles. The summed E-state index contributed by atoms with van der Waals surface area (Å²) >= 11 is 13.2. The first kappa shape index (κ1) is 87.6. The Bertz CT molecular complexity index is 4380. The molecule has 24 rings (SSSR count). The summed E-state index contributed by atoms with van der Waals surface area (Å²) in [6, 6.07) is 51.2. The molecule has 0 radical (unpaired) electrons. The van der Waals surface area contributed by atoms with E-state index in [1.165, 1.54) is 225 Å². The Hall–Kier alpha value is -5.70.